The highest BCUT2D eigenvalue weighted by atomic mass is 32.2. The SMILES string of the molecule is CS(=O)(=O)/C=C/CNC(=O)N1CCCC[C@H]1c1ccc(C#N)cc1. The maximum atomic E-state index is 12.4. The van der Waals surface area contributed by atoms with Crippen LogP contribution in [0.3, 0.4) is 0 Å². The van der Waals surface area contributed by atoms with Crippen LogP contribution in [0.25, 0.3) is 0 Å². The van der Waals surface area contributed by atoms with E-state index in [1.54, 1.807) is 17.0 Å². The Morgan fingerprint density at radius 3 is 2.71 bits per heavy atom. The van der Waals surface area contributed by atoms with Crippen molar-refractivity contribution in [1.29, 1.82) is 5.26 Å². The summed E-state index contributed by atoms with van der Waals surface area (Å²) in [5.74, 6) is 0. The zero-order valence-electron chi connectivity index (χ0n) is 13.6. The topological polar surface area (TPSA) is 90.3 Å². The predicted octanol–water partition coefficient (Wildman–Crippen LogP) is 2.35. The number of rotatable bonds is 4. The lowest BCUT2D eigenvalue weighted by molar-refractivity contribution is 0.152. The van der Waals surface area contributed by atoms with E-state index in [4.69, 9.17) is 5.26 Å². The Morgan fingerprint density at radius 2 is 2.08 bits per heavy atom. The maximum Gasteiger partial charge on any atom is 0.318 e. The number of nitriles is 1. The molecule has 0 aromatic heterocycles. The van der Waals surface area contributed by atoms with Crippen LogP contribution in [0.5, 0.6) is 0 Å². The van der Waals surface area contributed by atoms with E-state index in [1.165, 1.54) is 6.08 Å². The van der Waals surface area contributed by atoms with Crippen LogP contribution in [-0.2, 0) is 9.84 Å². The molecule has 1 fully saturated rings. The number of piperidine rings is 1. The molecule has 1 aliphatic rings. The normalized spacial score (nSPS) is 18.3. The first-order chi connectivity index (χ1) is 11.4. The van der Waals surface area contributed by atoms with Crippen LogP contribution in [0.2, 0.25) is 0 Å². The summed E-state index contributed by atoms with van der Waals surface area (Å²) >= 11 is 0. The first kappa shape index (κ1) is 18.0. The van der Waals surface area contributed by atoms with Gasteiger partial charge in [0.1, 0.15) is 0 Å². The third-order valence-corrected chi connectivity index (χ3v) is 4.59. The second-order valence-electron chi connectivity index (χ2n) is 5.83. The summed E-state index contributed by atoms with van der Waals surface area (Å²) in [5.41, 5.74) is 1.60. The Balaban J connectivity index is 2.04. The standard InChI is InChI=1S/C17H21N3O3S/c1-24(22,23)12-4-10-19-17(21)20-11-3-2-5-16(20)15-8-6-14(13-18)7-9-15/h4,6-9,12,16H,2-3,5,10-11H2,1H3,(H,19,21)/b12-4+/t16-/m0/s1. The summed E-state index contributed by atoms with van der Waals surface area (Å²) in [4.78, 5) is 14.2. The van der Waals surface area contributed by atoms with Gasteiger partial charge in [0.15, 0.2) is 9.84 Å². The molecular weight excluding hydrogens is 326 g/mol. The van der Waals surface area contributed by atoms with Gasteiger partial charge in [-0.2, -0.15) is 5.26 Å². The van der Waals surface area contributed by atoms with Crippen molar-refractivity contribution in [3.8, 4) is 6.07 Å². The third-order valence-electron chi connectivity index (χ3n) is 3.90. The Labute approximate surface area is 142 Å². The number of hydrogen-bond acceptors (Lipinski definition) is 4. The summed E-state index contributed by atoms with van der Waals surface area (Å²) in [6.45, 7) is 0.828. The van der Waals surface area contributed by atoms with E-state index in [9.17, 15) is 13.2 Å². The molecule has 1 N–H and O–H groups in total. The molecule has 128 valence electrons. The predicted molar refractivity (Wildman–Crippen MR) is 91.8 cm³/mol. The Bertz CT molecular complexity index is 748. The van der Waals surface area contributed by atoms with Gasteiger partial charge in [-0.1, -0.05) is 18.2 Å². The van der Waals surface area contributed by atoms with Crippen LogP contribution in [0.1, 0.15) is 36.4 Å². The third kappa shape index (κ3) is 5.10. The van der Waals surface area contributed by atoms with E-state index in [2.05, 4.69) is 11.4 Å². The number of likely N-dealkylation sites (tertiary alicyclic amines) is 1. The van der Waals surface area contributed by atoms with Crippen molar-refractivity contribution in [2.24, 2.45) is 0 Å². The highest BCUT2D eigenvalue weighted by Crippen LogP contribution is 2.30. The quantitative estimate of drug-likeness (QED) is 0.905. The number of nitrogens with one attached hydrogen (secondary N) is 1. The average Bonchev–Trinajstić information content (AvgIpc) is 2.58. The monoisotopic (exact) mass is 347 g/mol. The molecule has 1 heterocycles. The molecule has 24 heavy (non-hydrogen) atoms. The molecule has 1 saturated heterocycles. The van der Waals surface area contributed by atoms with Crippen molar-refractivity contribution in [2.45, 2.75) is 25.3 Å². The van der Waals surface area contributed by atoms with Crippen molar-refractivity contribution in [3.63, 3.8) is 0 Å². The van der Waals surface area contributed by atoms with Crippen LogP contribution < -0.4 is 5.32 Å². The lowest BCUT2D eigenvalue weighted by atomic mass is 9.95. The molecule has 1 atom stereocenters. The molecule has 0 aliphatic carbocycles. The molecule has 0 unspecified atom stereocenters. The fraction of sp³-hybridized carbons (Fsp3) is 0.412. The fourth-order valence-electron chi connectivity index (χ4n) is 2.77. The first-order valence-electron chi connectivity index (χ1n) is 7.82. The van der Waals surface area contributed by atoms with Gasteiger partial charge in [-0.05, 0) is 37.0 Å². The molecule has 0 spiro atoms. The number of urea groups is 1. The molecule has 7 heteroatoms. The van der Waals surface area contributed by atoms with E-state index < -0.39 is 9.84 Å². The molecule has 0 bridgehead atoms. The molecule has 1 aliphatic heterocycles. The van der Waals surface area contributed by atoms with E-state index in [0.717, 1.165) is 36.5 Å². The van der Waals surface area contributed by atoms with Gasteiger partial charge in [0.25, 0.3) is 0 Å². The van der Waals surface area contributed by atoms with E-state index in [1.807, 2.05) is 12.1 Å². The minimum absolute atomic E-state index is 0.0228. The largest absolute Gasteiger partial charge is 0.334 e. The molecule has 1 aromatic carbocycles. The fourth-order valence-corrected chi connectivity index (χ4v) is 3.22. The lowest BCUT2D eigenvalue weighted by Crippen LogP contribution is -2.44. The Hall–Kier alpha value is -2.33. The molecule has 0 saturated carbocycles. The Kier molecular flexibility index (Phi) is 5.99. The minimum Gasteiger partial charge on any atom is -0.334 e. The zero-order chi connectivity index (χ0) is 17.6. The van der Waals surface area contributed by atoms with Crippen LogP contribution in [-0.4, -0.2) is 38.7 Å². The second kappa shape index (κ2) is 7.97. The van der Waals surface area contributed by atoms with Crippen LogP contribution in [0.4, 0.5) is 4.79 Å². The summed E-state index contributed by atoms with van der Waals surface area (Å²) in [6, 6.07) is 9.15. The molecule has 2 rings (SSSR count). The van der Waals surface area contributed by atoms with Gasteiger partial charge in [-0.15, -0.1) is 0 Å². The molecule has 6 nitrogen and oxygen atoms in total. The minimum atomic E-state index is -3.18. The molecule has 1 aromatic rings. The second-order valence-corrected chi connectivity index (χ2v) is 7.76. The molecular formula is C17H21N3O3S. The van der Waals surface area contributed by atoms with Crippen molar-refractivity contribution in [1.82, 2.24) is 10.2 Å². The summed E-state index contributed by atoms with van der Waals surface area (Å²) in [7, 11) is -3.18. The average molecular weight is 347 g/mol. The number of carbonyl (C=O) groups excluding carboxylic acids is 1. The van der Waals surface area contributed by atoms with Gasteiger partial charge >= 0.3 is 6.03 Å². The zero-order valence-corrected chi connectivity index (χ0v) is 14.4. The highest BCUT2D eigenvalue weighted by Gasteiger charge is 2.27. The summed E-state index contributed by atoms with van der Waals surface area (Å²) < 4.78 is 22.1. The van der Waals surface area contributed by atoms with Crippen LogP contribution in [0.15, 0.2) is 35.7 Å². The lowest BCUT2D eigenvalue weighted by Gasteiger charge is -2.36. The van der Waals surface area contributed by atoms with E-state index >= 15 is 0 Å². The number of nitrogens with zero attached hydrogens (tertiary/aromatic N) is 2. The number of benzene rings is 1. The van der Waals surface area contributed by atoms with Crippen molar-refractivity contribution in [2.75, 3.05) is 19.3 Å². The Morgan fingerprint density at radius 1 is 1.38 bits per heavy atom. The van der Waals surface area contributed by atoms with Gasteiger partial charge in [-0.3, -0.25) is 0 Å². The van der Waals surface area contributed by atoms with Gasteiger partial charge in [-0.25, -0.2) is 13.2 Å². The molecule has 2 amide bonds. The van der Waals surface area contributed by atoms with Gasteiger partial charge in [0.2, 0.25) is 0 Å². The van der Waals surface area contributed by atoms with E-state index in [-0.39, 0.29) is 18.6 Å². The van der Waals surface area contributed by atoms with Gasteiger partial charge < -0.3 is 10.2 Å². The first-order valence-corrected chi connectivity index (χ1v) is 9.77. The van der Waals surface area contributed by atoms with E-state index in [0.29, 0.717) is 12.1 Å². The number of sulfone groups is 1. The number of hydrogen-bond donors (Lipinski definition) is 1. The summed E-state index contributed by atoms with van der Waals surface area (Å²) in [5, 5.41) is 12.7. The smallest absolute Gasteiger partial charge is 0.318 e. The maximum absolute atomic E-state index is 12.4. The van der Waals surface area contributed by atoms with Gasteiger partial charge in [0, 0.05) is 24.8 Å². The van der Waals surface area contributed by atoms with Crippen molar-refractivity contribution < 1.29 is 13.2 Å². The molecule has 0 radical (unpaired) electrons. The van der Waals surface area contributed by atoms with Crippen molar-refractivity contribution in [3.05, 3.63) is 46.9 Å². The number of amides is 2. The highest BCUT2D eigenvalue weighted by molar-refractivity contribution is 7.93. The summed E-state index contributed by atoms with van der Waals surface area (Å²) in [6.07, 6.45) is 5.39. The van der Waals surface area contributed by atoms with Gasteiger partial charge in [0.05, 0.1) is 17.7 Å². The van der Waals surface area contributed by atoms with Crippen molar-refractivity contribution >= 4 is 15.9 Å². The van der Waals surface area contributed by atoms with Crippen LogP contribution in [0, 0.1) is 11.3 Å². The van der Waals surface area contributed by atoms with Crippen LogP contribution >= 0.6 is 0 Å². The number of carbonyl (C=O) groups is 1.